The molecule has 0 fully saturated rings. The van der Waals surface area contributed by atoms with Gasteiger partial charge in [0, 0.05) is 25.7 Å². The summed E-state index contributed by atoms with van der Waals surface area (Å²) in [6.07, 6.45) is 1.74. The predicted molar refractivity (Wildman–Crippen MR) is 114 cm³/mol. The zero-order valence-electron chi connectivity index (χ0n) is 16.5. The molecule has 3 rings (SSSR count). The van der Waals surface area contributed by atoms with E-state index in [-0.39, 0.29) is 17.5 Å². The van der Waals surface area contributed by atoms with Gasteiger partial charge in [-0.05, 0) is 42.3 Å². The highest BCUT2D eigenvalue weighted by molar-refractivity contribution is 7.99. The molecule has 2 aromatic carbocycles. The first kappa shape index (κ1) is 20.8. The topological polar surface area (TPSA) is 51.0 Å². The molecule has 29 heavy (non-hydrogen) atoms. The maximum Gasteiger partial charge on any atom is 0.233 e. The van der Waals surface area contributed by atoms with E-state index in [1.165, 1.54) is 23.9 Å². The summed E-state index contributed by atoms with van der Waals surface area (Å²) >= 11 is 1.33. The van der Waals surface area contributed by atoms with E-state index in [2.05, 4.69) is 16.8 Å². The van der Waals surface area contributed by atoms with E-state index in [1.54, 1.807) is 30.2 Å². The van der Waals surface area contributed by atoms with Crippen LogP contribution in [0.5, 0.6) is 0 Å². The van der Waals surface area contributed by atoms with Gasteiger partial charge in [-0.25, -0.2) is 4.39 Å². The summed E-state index contributed by atoms with van der Waals surface area (Å²) in [4.78, 5) is 14.3. The number of hydrogen-bond acceptors (Lipinski definition) is 4. The molecule has 3 aromatic rings. The Hall–Kier alpha value is -2.93. The molecule has 0 radical (unpaired) electrons. The Labute approximate surface area is 174 Å². The maximum atomic E-state index is 13.2. The Morgan fingerprint density at radius 2 is 1.93 bits per heavy atom. The van der Waals surface area contributed by atoms with Crippen molar-refractivity contribution < 1.29 is 9.18 Å². The van der Waals surface area contributed by atoms with E-state index < -0.39 is 0 Å². The lowest BCUT2D eigenvalue weighted by Gasteiger charge is -2.18. The van der Waals surface area contributed by atoms with Gasteiger partial charge in [-0.2, -0.15) is 0 Å². The zero-order chi connectivity index (χ0) is 20.8. The highest BCUT2D eigenvalue weighted by Gasteiger charge is 2.17. The van der Waals surface area contributed by atoms with Crippen LogP contribution < -0.4 is 0 Å². The van der Waals surface area contributed by atoms with Gasteiger partial charge < -0.3 is 4.90 Å². The second-order valence-electron chi connectivity index (χ2n) is 6.68. The third-order valence-corrected chi connectivity index (χ3v) is 5.50. The van der Waals surface area contributed by atoms with Crippen molar-refractivity contribution in [3.8, 4) is 11.4 Å². The quantitative estimate of drug-likeness (QED) is 0.410. The Bertz CT molecular complexity index is 1000. The van der Waals surface area contributed by atoms with Gasteiger partial charge >= 0.3 is 0 Å². The molecule has 1 amide bonds. The number of nitrogens with zero attached hydrogens (tertiary/aromatic N) is 4. The minimum Gasteiger partial charge on any atom is -0.341 e. The molecule has 0 bridgehead atoms. The van der Waals surface area contributed by atoms with E-state index in [0.717, 1.165) is 16.7 Å². The van der Waals surface area contributed by atoms with Crippen LogP contribution in [0.25, 0.3) is 11.4 Å². The molecular weight excluding hydrogens is 387 g/mol. The molecule has 150 valence electrons. The molecule has 0 aliphatic carbocycles. The fraction of sp³-hybridized carbons (Fsp3) is 0.227. The fourth-order valence-electron chi connectivity index (χ4n) is 2.87. The summed E-state index contributed by atoms with van der Waals surface area (Å²) in [6.45, 7) is 6.88. The van der Waals surface area contributed by atoms with Gasteiger partial charge in [0.05, 0.1) is 5.75 Å². The summed E-state index contributed by atoms with van der Waals surface area (Å²) < 4.78 is 15.1. The first-order valence-electron chi connectivity index (χ1n) is 9.21. The molecule has 0 atom stereocenters. The van der Waals surface area contributed by atoms with Crippen molar-refractivity contribution >= 4 is 17.7 Å². The van der Waals surface area contributed by atoms with Crippen molar-refractivity contribution in [2.45, 2.75) is 25.2 Å². The molecule has 0 saturated heterocycles. The Kier molecular flexibility index (Phi) is 6.82. The van der Waals surface area contributed by atoms with Gasteiger partial charge in [0.15, 0.2) is 11.0 Å². The van der Waals surface area contributed by atoms with Crippen molar-refractivity contribution in [1.82, 2.24) is 19.7 Å². The largest absolute Gasteiger partial charge is 0.341 e. The van der Waals surface area contributed by atoms with E-state index in [0.29, 0.717) is 24.1 Å². The number of halogens is 1. The van der Waals surface area contributed by atoms with Crippen LogP contribution in [-0.2, 0) is 17.9 Å². The minimum absolute atomic E-state index is 0.00902. The number of carbonyl (C=O) groups excluding carboxylic acids is 1. The molecule has 0 spiro atoms. The van der Waals surface area contributed by atoms with Gasteiger partial charge in [0.1, 0.15) is 5.82 Å². The van der Waals surface area contributed by atoms with Crippen LogP contribution in [0.3, 0.4) is 0 Å². The second-order valence-corrected chi connectivity index (χ2v) is 7.62. The first-order chi connectivity index (χ1) is 14.0. The van der Waals surface area contributed by atoms with Gasteiger partial charge in [0.2, 0.25) is 5.91 Å². The van der Waals surface area contributed by atoms with Gasteiger partial charge in [-0.15, -0.1) is 16.8 Å². The number of aromatic nitrogens is 3. The van der Waals surface area contributed by atoms with Crippen LogP contribution >= 0.6 is 11.8 Å². The van der Waals surface area contributed by atoms with Crippen molar-refractivity contribution in [2.24, 2.45) is 0 Å². The highest BCUT2D eigenvalue weighted by atomic mass is 32.2. The lowest BCUT2D eigenvalue weighted by atomic mass is 10.1. The maximum absolute atomic E-state index is 13.2. The van der Waals surface area contributed by atoms with Crippen molar-refractivity contribution in [3.05, 3.63) is 78.1 Å². The minimum atomic E-state index is -0.305. The number of carbonyl (C=O) groups is 1. The van der Waals surface area contributed by atoms with E-state index in [9.17, 15) is 9.18 Å². The molecule has 0 N–H and O–H groups in total. The van der Waals surface area contributed by atoms with E-state index in [1.807, 2.05) is 35.8 Å². The fourth-order valence-corrected chi connectivity index (χ4v) is 3.76. The SMILES string of the molecule is C=CCn1c(SCC(=O)N(C)Cc2ccccc2C)nnc1-c1ccc(F)cc1. The van der Waals surface area contributed by atoms with Gasteiger partial charge in [-0.1, -0.05) is 42.1 Å². The van der Waals surface area contributed by atoms with Crippen molar-refractivity contribution in [3.63, 3.8) is 0 Å². The molecule has 1 aromatic heterocycles. The third-order valence-electron chi connectivity index (χ3n) is 4.55. The number of benzene rings is 2. The number of allylic oxidation sites excluding steroid dienone is 1. The highest BCUT2D eigenvalue weighted by Crippen LogP contribution is 2.24. The lowest BCUT2D eigenvalue weighted by molar-refractivity contribution is -0.127. The smallest absolute Gasteiger partial charge is 0.233 e. The molecule has 7 heteroatoms. The number of hydrogen-bond donors (Lipinski definition) is 0. The zero-order valence-corrected chi connectivity index (χ0v) is 17.3. The Morgan fingerprint density at radius 3 is 2.62 bits per heavy atom. The molecule has 0 aliphatic rings. The summed E-state index contributed by atoms with van der Waals surface area (Å²) in [6, 6.07) is 14.1. The van der Waals surface area contributed by atoms with Gasteiger partial charge in [0.25, 0.3) is 0 Å². The molecule has 1 heterocycles. The standard InChI is InChI=1S/C22H23FN4OS/c1-4-13-27-21(17-9-11-19(23)12-10-17)24-25-22(27)29-15-20(28)26(3)14-18-8-6-5-7-16(18)2/h4-12H,1,13-15H2,2-3H3. The molecule has 0 unspecified atom stereocenters. The Balaban J connectivity index is 1.69. The summed E-state index contributed by atoms with van der Waals surface area (Å²) in [7, 11) is 1.80. The van der Waals surface area contributed by atoms with Crippen LogP contribution in [0.2, 0.25) is 0 Å². The van der Waals surface area contributed by atoms with E-state index in [4.69, 9.17) is 0 Å². The molecule has 0 aliphatic heterocycles. The Morgan fingerprint density at radius 1 is 1.21 bits per heavy atom. The lowest BCUT2D eigenvalue weighted by Crippen LogP contribution is -2.28. The number of rotatable bonds is 8. The third kappa shape index (κ3) is 5.12. The van der Waals surface area contributed by atoms with Crippen molar-refractivity contribution in [2.75, 3.05) is 12.8 Å². The molecular formula is C22H23FN4OS. The second kappa shape index (κ2) is 9.52. The van der Waals surface area contributed by atoms with Crippen LogP contribution in [-0.4, -0.2) is 38.4 Å². The normalized spacial score (nSPS) is 10.7. The van der Waals surface area contributed by atoms with Gasteiger partial charge in [-0.3, -0.25) is 9.36 Å². The summed E-state index contributed by atoms with van der Waals surface area (Å²) in [5.41, 5.74) is 3.05. The van der Waals surface area contributed by atoms with Crippen LogP contribution in [0, 0.1) is 12.7 Å². The molecule has 0 saturated carbocycles. The average molecular weight is 411 g/mol. The first-order valence-corrected chi connectivity index (χ1v) is 10.2. The van der Waals surface area contributed by atoms with Crippen molar-refractivity contribution in [1.29, 1.82) is 0 Å². The number of amides is 1. The predicted octanol–water partition coefficient (Wildman–Crippen LogP) is 4.33. The number of aryl methyl sites for hydroxylation is 1. The van der Waals surface area contributed by atoms with Crippen LogP contribution in [0.15, 0.2) is 66.3 Å². The monoisotopic (exact) mass is 410 g/mol. The van der Waals surface area contributed by atoms with Crippen LogP contribution in [0.1, 0.15) is 11.1 Å². The van der Waals surface area contributed by atoms with E-state index >= 15 is 0 Å². The summed E-state index contributed by atoms with van der Waals surface area (Å²) in [5, 5.41) is 9.09. The van der Waals surface area contributed by atoms with Crippen LogP contribution in [0.4, 0.5) is 4.39 Å². The molecule has 5 nitrogen and oxygen atoms in total. The number of thioether (sulfide) groups is 1. The average Bonchev–Trinajstić information content (AvgIpc) is 3.11. The summed E-state index contributed by atoms with van der Waals surface area (Å²) in [5.74, 6) is 0.574.